The van der Waals surface area contributed by atoms with Crippen molar-refractivity contribution in [3.63, 3.8) is 0 Å². The number of carbonyl (C=O) groups is 2. The predicted molar refractivity (Wildman–Crippen MR) is 82.4 cm³/mol. The van der Waals surface area contributed by atoms with E-state index >= 15 is 0 Å². The molecule has 126 valence electrons. The van der Waals surface area contributed by atoms with Crippen LogP contribution in [0.2, 0.25) is 0 Å². The summed E-state index contributed by atoms with van der Waals surface area (Å²) in [6.45, 7) is 3.09. The second-order valence-electron chi connectivity index (χ2n) is 6.56. The highest BCUT2D eigenvalue weighted by Gasteiger charge is 2.49. The number of H-pyrrole nitrogens is 1. The summed E-state index contributed by atoms with van der Waals surface area (Å²) in [7, 11) is 1.79. The van der Waals surface area contributed by atoms with Gasteiger partial charge < -0.3 is 9.80 Å². The van der Waals surface area contributed by atoms with Gasteiger partial charge in [0.05, 0.1) is 0 Å². The molecule has 2 amide bonds. The first-order valence-electron chi connectivity index (χ1n) is 8.40. The number of rotatable bonds is 3. The van der Waals surface area contributed by atoms with Crippen LogP contribution >= 0.6 is 0 Å². The molecule has 0 bridgehead atoms. The number of nitrogens with one attached hydrogen (secondary N) is 1. The molecule has 0 radical (unpaired) electrons. The van der Waals surface area contributed by atoms with Crippen LogP contribution in [0.1, 0.15) is 51.3 Å². The van der Waals surface area contributed by atoms with Crippen LogP contribution in [0.3, 0.4) is 0 Å². The van der Waals surface area contributed by atoms with Crippen molar-refractivity contribution in [2.24, 2.45) is 0 Å². The molecular weight excluding hydrogens is 296 g/mol. The lowest BCUT2D eigenvalue weighted by molar-refractivity contribution is -0.155. The molecule has 23 heavy (non-hydrogen) atoms. The van der Waals surface area contributed by atoms with Crippen molar-refractivity contribution in [3.8, 4) is 0 Å². The molecule has 2 fully saturated rings. The second-order valence-corrected chi connectivity index (χ2v) is 6.56. The van der Waals surface area contributed by atoms with E-state index in [-0.39, 0.29) is 17.9 Å². The number of aromatic nitrogens is 4. The highest BCUT2D eigenvalue weighted by atomic mass is 16.2. The molecule has 1 aliphatic heterocycles. The van der Waals surface area contributed by atoms with E-state index in [1.165, 1.54) is 0 Å². The van der Waals surface area contributed by atoms with Crippen LogP contribution in [0.15, 0.2) is 0 Å². The van der Waals surface area contributed by atoms with Gasteiger partial charge in [-0.3, -0.25) is 9.59 Å². The van der Waals surface area contributed by atoms with Gasteiger partial charge in [-0.25, -0.2) is 0 Å². The number of hydrogen-bond donors (Lipinski definition) is 1. The van der Waals surface area contributed by atoms with Crippen molar-refractivity contribution in [3.05, 3.63) is 5.82 Å². The SMILES string of the molecule is CCC1C(=O)N(C)CCN1C(=O)C1(c2nn[nH]n2)CCCCC1. The van der Waals surface area contributed by atoms with Gasteiger partial charge >= 0.3 is 0 Å². The highest BCUT2D eigenvalue weighted by molar-refractivity contribution is 5.93. The maximum atomic E-state index is 13.4. The molecule has 3 rings (SSSR count). The maximum absolute atomic E-state index is 13.4. The number of tetrazole rings is 1. The largest absolute Gasteiger partial charge is 0.342 e. The Kier molecular flexibility index (Phi) is 4.32. The fourth-order valence-electron chi connectivity index (χ4n) is 3.88. The zero-order valence-corrected chi connectivity index (χ0v) is 13.8. The monoisotopic (exact) mass is 320 g/mol. The number of carbonyl (C=O) groups excluding carboxylic acids is 2. The van der Waals surface area contributed by atoms with Gasteiger partial charge in [-0.1, -0.05) is 31.4 Å². The number of aromatic amines is 1. The molecule has 1 aliphatic carbocycles. The zero-order chi connectivity index (χ0) is 16.4. The van der Waals surface area contributed by atoms with Crippen molar-refractivity contribution in [1.29, 1.82) is 0 Å². The molecule has 1 saturated heterocycles. The van der Waals surface area contributed by atoms with Crippen LogP contribution in [0, 0.1) is 0 Å². The molecular formula is C15H24N6O2. The molecule has 1 saturated carbocycles. The lowest BCUT2D eigenvalue weighted by atomic mass is 9.72. The third-order valence-electron chi connectivity index (χ3n) is 5.25. The Morgan fingerprint density at radius 3 is 2.65 bits per heavy atom. The number of amides is 2. The van der Waals surface area contributed by atoms with Gasteiger partial charge in [0.1, 0.15) is 11.5 Å². The number of hydrogen-bond acceptors (Lipinski definition) is 5. The van der Waals surface area contributed by atoms with Gasteiger partial charge in [0.2, 0.25) is 11.8 Å². The summed E-state index contributed by atoms with van der Waals surface area (Å²) < 4.78 is 0. The van der Waals surface area contributed by atoms with Gasteiger partial charge in [0, 0.05) is 20.1 Å². The smallest absolute Gasteiger partial charge is 0.245 e. The quantitative estimate of drug-likeness (QED) is 0.874. The Hall–Kier alpha value is -1.99. The number of likely N-dealkylation sites (N-methyl/N-ethyl adjacent to an activating group) is 1. The minimum atomic E-state index is -0.727. The molecule has 1 aromatic rings. The summed E-state index contributed by atoms with van der Waals surface area (Å²) in [5, 5.41) is 14.4. The molecule has 2 heterocycles. The van der Waals surface area contributed by atoms with E-state index in [0.29, 0.717) is 25.3 Å². The van der Waals surface area contributed by atoms with Crippen LogP contribution < -0.4 is 0 Å². The fraction of sp³-hybridized carbons (Fsp3) is 0.800. The molecule has 0 aromatic carbocycles. The van der Waals surface area contributed by atoms with Crippen molar-refractivity contribution in [2.45, 2.75) is 56.9 Å². The van der Waals surface area contributed by atoms with Crippen molar-refractivity contribution >= 4 is 11.8 Å². The first-order chi connectivity index (χ1) is 11.1. The summed E-state index contributed by atoms with van der Waals surface area (Å²) in [5.74, 6) is 0.488. The van der Waals surface area contributed by atoms with E-state index in [1.807, 2.05) is 6.92 Å². The average Bonchev–Trinajstić information content (AvgIpc) is 3.12. The molecule has 1 unspecified atom stereocenters. The standard InChI is InChI=1S/C15H24N6O2/c1-3-11-12(22)20(2)9-10-21(11)14(23)15(7-5-4-6-8-15)13-16-18-19-17-13/h11H,3-10H2,1-2H3,(H,16,17,18,19). The van der Waals surface area contributed by atoms with Crippen molar-refractivity contribution in [2.75, 3.05) is 20.1 Å². The Bertz CT molecular complexity index is 567. The summed E-state index contributed by atoms with van der Waals surface area (Å²) in [4.78, 5) is 29.3. The van der Waals surface area contributed by atoms with E-state index in [9.17, 15) is 9.59 Å². The van der Waals surface area contributed by atoms with Crippen LogP contribution in [0.4, 0.5) is 0 Å². The zero-order valence-electron chi connectivity index (χ0n) is 13.8. The average molecular weight is 320 g/mol. The Morgan fingerprint density at radius 1 is 1.30 bits per heavy atom. The van der Waals surface area contributed by atoms with E-state index in [2.05, 4.69) is 20.6 Å². The van der Waals surface area contributed by atoms with E-state index in [1.54, 1.807) is 16.8 Å². The minimum absolute atomic E-state index is 0.00750. The number of nitrogens with zero attached hydrogens (tertiary/aromatic N) is 5. The van der Waals surface area contributed by atoms with Gasteiger partial charge in [-0.05, 0) is 19.3 Å². The van der Waals surface area contributed by atoms with Crippen LogP contribution in [-0.2, 0) is 15.0 Å². The fourth-order valence-corrected chi connectivity index (χ4v) is 3.88. The predicted octanol–water partition coefficient (Wildman–Crippen LogP) is 0.481. The van der Waals surface area contributed by atoms with Crippen LogP contribution in [0.5, 0.6) is 0 Å². The summed E-state index contributed by atoms with van der Waals surface area (Å²) in [5.41, 5.74) is -0.727. The maximum Gasteiger partial charge on any atom is 0.245 e. The molecule has 1 aromatic heterocycles. The van der Waals surface area contributed by atoms with Gasteiger partial charge in [0.15, 0.2) is 5.82 Å². The van der Waals surface area contributed by atoms with Crippen LogP contribution in [0.25, 0.3) is 0 Å². The van der Waals surface area contributed by atoms with E-state index < -0.39 is 5.41 Å². The third-order valence-corrected chi connectivity index (χ3v) is 5.25. The molecule has 1 atom stereocenters. The first-order valence-corrected chi connectivity index (χ1v) is 8.40. The highest BCUT2D eigenvalue weighted by Crippen LogP contribution is 2.40. The summed E-state index contributed by atoms with van der Waals surface area (Å²) in [6.07, 6.45) is 5.13. The lowest BCUT2D eigenvalue weighted by Gasteiger charge is -2.44. The Morgan fingerprint density at radius 2 is 2.04 bits per heavy atom. The van der Waals surface area contributed by atoms with Gasteiger partial charge in [0.25, 0.3) is 0 Å². The molecule has 8 heteroatoms. The summed E-state index contributed by atoms with van der Waals surface area (Å²) >= 11 is 0. The normalized spacial score (nSPS) is 24.8. The Labute approximate surface area is 135 Å². The molecule has 8 nitrogen and oxygen atoms in total. The second kappa shape index (κ2) is 6.25. The van der Waals surface area contributed by atoms with E-state index in [0.717, 1.165) is 32.1 Å². The van der Waals surface area contributed by atoms with Gasteiger partial charge in [-0.2, -0.15) is 5.21 Å². The number of piperazine rings is 1. The van der Waals surface area contributed by atoms with E-state index in [4.69, 9.17) is 0 Å². The van der Waals surface area contributed by atoms with Gasteiger partial charge in [-0.15, -0.1) is 10.2 Å². The van der Waals surface area contributed by atoms with Crippen molar-refractivity contribution < 1.29 is 9.59 Å². The minimum Gasteiger partial charge on any atom is -0.342 e. The van der Waals surface area contributed by atoms with Crippen LogP contribution in [-0.4, -0.2) is 68.4 Å². The molecule has 2 aliphatic rings. The molecule has 1 N–H and O–H groups in total. The first kappa shape index (κ1) is 15.9. The lowest BCUT2D eigenvalue weighted by Crippen LogP contribution is -2.61. The Balaban J connectivity index is 1.93. The topological polar surface area (TPSA) is 95.1 Å². The third kappa shape index (κ3) is 2.60. The summed E-state index contributed by atoms with van der Waals surface area (Å²) in [6, 6.07) is -0.382. The van der Waals surface area contributed by atoms with Crippen molar-refractivity contribution in [1.82, 2.24) is 30.4 Å². The molecule has 0 spiro atoms.